The summed E-state index contributed by atoms with van der Waals surface area (Å²) >= 11 is 0. The summed E-state index contributed by atoms with van der Waals surface area (Å²) in [5, 5.41) is 3.42. The number of rotatable bonds is 1. The first kappa shape index (κ1) is 12.9. The van der Waals surface area contributed by atoms with Crippen LogP contribution in [0.2, 0.25) is 0 Å². The molecule has 2 saturated heterocycles. The Labute approximate surface area is 105 Å². The average molecular weight is 238 g/mol. The summed E-state index contributed by atoms with van der Waals surface area (Å²) < 4.78 is 0. The van der Waals surface area contributed by atoms with Gasteiger partial charge in [0.1, 0.15) is 0 Å². The molecule has 0 aliphatic carbocycles. The molecule has 98 valence electrons. The fourth-order valence-corrected chi connectivity index (χ4v) is 3.09. The van der Waals surface area contributed by atoms with Gasteiger partial charge in [-0.05, 0) is 45.1 Å². The molecule has 3 unspecified atom stereocenters. The molecule has 0 aromatic rings. The lowest BCUT2D eigenvalue weighted by molar-refractivity contribution is -0.138. The lowest BCUT2D eigenvalue weighted by atomic mass is 9.91. The van der Waals surface area contributed by atoms with Gasteiger partial charge in [-0.1, -0.05) is 19.8 Å². The number of carbonyl (C=O) groups is 1. The average Bonchev–Trinajstić information content (AvgIpc) is 2.60. The minimum atomic E-state index is 0.0882. The topological polar surface area (TPSA) is 32.3 Å². The third-order valence-corrected chi connectivity index (χ3v) is 4.52. The number of nitrogens with zero attached hydrogens (tertiary/aromatic N) is 1. The fraction of sp³-hybridized carbons (Fsp3) is 0.929. The van der Waals surface area contributed by atoms with E-state index in [9.17, 15) is 4.79 Å². The molecule has 0 aromatic heterocycles. The molecule has 2 aliphatic rings. The van der Waals surface area contributed by atoms with Gasteiger partial charge in [-0.25, -0.2) is 0 Å². The van der Waals surface area contributed by atoms with Gasteiger partial charge in [-0.15, -0.1) is 0 Å². The minimum Gasteiger partial charge on any atom is -0.338 e. The van der Waals surface area contributed by atoms with Crippen LogP contribution in [0.25, 0.3) is 0 Å². The van der Waals surface area contributed by atoms with Crippen LogP contribution >= 0.6 is 0 Å². The SMILES string of the molecule is CC1CCCN(C(=O)C2CCCCCN2)C1C. The predicted octanol–water partition coefficient (Wildman–Crippen LogP) is 2.17. The van der Waals surface area contributed by atoms with Crippen molar-refractivity contribution in [2.75, 3.05) is 13.1 Å². The van der Waals surface area contributed by atoms with E-state index in [0.29, 0.717) is 17.9 Å². The van der Waals surface area contributed by atoms with Gasteiger partial charge in [0.15, 0.2) is 0 Å². The molecular formula is C14H26N2O. The summed E-state index contributed by atoms with van der Waals surface area (Å²) in [6.45, 7) is 6.44. The Bertz CT molecular complexity index is 259. The number of likely N-dealkylation sites (tertiary alicyclic amines) is 1. The van der Waals surface area contributed by atoms with Crippen molar-refractivity contribution < 1.29 is 4.79 Å². The second-order valence-electron chi connectivity index (χ2n) is 5.75. The Morgan fingerprint density at radius 2 is 1.94 bits per heavy atom. The molecule has 3 atom stereocenters. The van der Waals surface area contributed by atoms with Gasteiger partial charge in [-0.3, -0.25) is 4.79 Å². The second-order valence-corrected chi connectivity index (χ2v) is 5.75. The number of amides is 1. The molecule has 1 amide bonds. The zero-order valence-corrected chi connectivity index (χ0v) is 11.2. The van der Waals surface area contributed by atoms with Crippen LogP contribution in [0.3, 0.4) is 0 Å². The van der Waals surface area contributed by atoms with Crippen molar-refractivity contribution in [2.45, 2.75) is 64.5 Å². The lowest BCUT2D eigenvalue weighted by Crippen LogP contribution is -2.53. The zero-order chi connectivity index (χ0) is 12.3. The van der Waals surface area contributed by atoms with Crippen LogP contribution in [0.4, 0.5) is 0 Å². The third kappa shape index (κ3) is 3.01. The smallest absolute Gasteiger partial charge is 0.239 e. The van der Waals surface area contributed by atoms with E-state index >= 15 is 0 Å². The van der Waals surface area contributed by atoms with Gasteiger partial charge >= 0.3 is 0 Å². The number of piperidine rings is 1. The summed E-state index contributed by atoms with van der Waals surface area (Å²) in [6.07, 6.45) is 7.14. The van der Waals surface area contributed by atoms with Gasteiger partial charge in [-0.2, -0.15) is 0 Å². The standard InChI is InChI=1S/C14H26N2O/c1-11-7-6-10-16(12(11)2)14(17)13-8-4-3-5-9-15-13/h11-13,15H,3-10H2,1-2H3. The van der Waals surface area contributed by atoms with E-state index in [1.807, 2.05) is 0 Å². The first-order chi connectivity index (χ1) is 8.20. The van der Waals surface area contributed by atoms with Gasteiger partial charge in [0.05, 0.1) is 6.04 Å². The molecule has 2 fully saturated rings. The zero-order valence-electron chi connectivity index (χ0n) is 11.2. The van der Waals surface area contributed by atoms with Crippen molar-refractivity contribution in [3.8, 4) is 0 Å². The Morgan fingerprint density at radius 1 is 1.12 bits per heavy atom. The van der Waals surface area contributed by atoms with Crippen LogP contribution in [-0.2, 0) is 4.79 Å². The first-order valence-corrected chi connectivity index (χ1v) is 7.24. The molecule has 2 heterocycles. The maximum atomic E-state index is 12.5. The van der Waals surface area contributed by atoms with E-state index in [1.54, 1.807) is 0 Å². The number of nitrogens with one attached hydrogen (secondary N) is 1. The highest BCUT2D eigenvalue weighted by molar-refractivity contribution is 5.82. The maximum absolute atomic E-state index is 12.5. The van der Waals surface area contributed by atoms with Crippen molar-refractivity contribution in [3.63, 3.8) is 0 Å². The van der Waals surface area contributed by atoms with Crippen molar-refractivity contribution in [1.29, 1.82) is 0 Å². The summed E-state index contributed by atoms with van der Waals surface area (Å²) in [6, 6.07) is 0.506. The van der Waals surface area contributed by atoms with Crippen molar-refractivity contribution in [2.24, 2.45) is 5.92 Å². The van der Waals surface area contributed by atoms with E-state index < -0.39 is 0 Å². The van der Waals surface area contributed by atoms with E-state index in [2.05, 4.69) is 24.1 Å². The quantitative estimate of drug-likeness (QED) is 0.759. The van der Waals surface area contributed by atoms with Crippen LogP contribution in [-0.4, -0.2) is 36.0 Å². The monoisotopic (exact) mass is 238 g/mol. The van der Waals surface area contributed by atoms with Crippen molar-refractivity contribution in [3.05, 3.63) is 0 Å². The molecule has 17 heavy (non-hydrogen) atoms. The molecular weight excluding hydrogens is 212 g/mol. The molecule has 2 aliphatic heterocycles. The maximum Gasteiger partial charge on any atom is 0.239 e. The lowest BCUT2D eigenvalue weighted by Gasteiger charge is -2.39. The molecule has 0 spiro atoms. The summed E-state index contributed by atoms with van der Waals surface area (Å²) in [5.41, 5.74) is 0. The molecule has 2 rings (SSSR count). The Morgan fingerprint density at radius 3 is 2.76 bits per heavy atom. The number of hydrogen-bond acceptors (Lipinski definition) is 2. The van der Waals surface area contributed by atoms with Crippen molar-refractivity contribution in [1.82, 2.24) is 10.2 Å². The van der Waals surface area contributed by atoms with Gasteiger partial charge in [0.25, 0.3) is 0 Å². The van der Waals surface area contributed by atoms with Crippen LogP contribution < -0.4 is 5.32 Å². The molecule has 3 heteroatoms. The molecule has 3 nitrogen and oxygen atoms in total. The number of hydrogen-bond donors (Lipinski definition) is 1. The fourth-order valence-electron chi connectivity index (χ4n) is 3.09. The highest BCUT2D eigenvalue weighted by atomic mass is 16.2. The Balaban J connectivity index is 1.97. The third-order valence-electron chi connectivity index (χ3n) is 4.52. The Kier molecular flexibility index (Phi) is 4.43. The minimum absolute atomic E-state index is 0.0882. The van der Waals surface area contributed by atoms with Crippen molar-refractivity contribution >= 4 is 5.91 Å². The summed E-state index contributed by atoms with van der Waals surface area (Å²) in [7, 11) is 0. The second kappa shape index (κ2) is 5.85. The molecule has 0 saturated carbocycles. The number of carbonyl (C=O) groups excluding carboxylic acids is 1. The highest BCUT2D eigenvalue weighted by Crippen LogP contribution is 2.24. The first-order valence-electron chi connectivity index (χ1n) is 7.24. The van der Waals surface area contributed by atoms with Crippen LogP contribution in [0.5, 0.6) is 0 Å². The molecule has 0 bridgehead atoms. The molecule has 0 aromatic carbocycles. The van der Waals surface area contributed by atoms with Gasteiger partial charge < -0.3 is 10.2 Å². The highest BCUT2D eigenvalue weighted by Gasteiger charge is 2.32. The van der Waals surface area contributed by atoms with E-state index in [-0.39, 0.29) is 6.04 Å². The van der Waals surface area contributed by atoms with Crippen LogP contribution in [0.15, 0.2) is 0 Å². The van der Waals surface area contributed by atoms with Crippen LogP contribution in [0, 0.1) is 5.92 Å². The van der Waals surface area contributed by atoms with Gasteiger partial charge in [0.2, 0.25) is 5.91 Å². The summed E-state index contributed by atoms with van der Waals surface area (Å²) in [5.74, 6) is 1.00. The Hall–Kier alpha value is -0.570. The normalized spacial score (nSPS) is 35.4. The predicted molar refractivity (Wildman–Crippen MR) is 69.8 cm³/mol. The summed E-state index contributed by atoms with van der Waals surface area (Å²) in [4.78, 5) is 14.6. The molecule has 0 radical (unpaired) electrons. The van der Waals surface area contributed by atoms with E-state index in [0.717, 1.165) is 19.5 Å². The van der Waals surface area contributed by atoms with Crippen LogP contribution in [0.1, 0.15) is 52.4 Å². The van der Waals surface area contributed by atoms with E-state index in [4.69, 9.17) is 0 Å². The molecule has 1 N–H and O–H groups in total. The largest absolute Gasteiger partial charge is 0.338 e. The van der Waals surface area contributed by atoms with Gasteiger partial charge in [0, 0.05) is 12.6 Å². The van der Waals surface area contributed by atoms with E-state index in [1.165, 1.54) is 32.1 Å².